The summed E-state index contributed by atoms with van der Waals surface area (Å²) in [7, 11) is 0. The summed E-state index contributed by atoms with van der Waals surface area (Å²) in [5.74, 6) is -5.08. The highest BCUT2D eigenvalue weighted by Gasteiger charge is 2.62. The van der Waals surface area contributed by atoms with Crippen molar-refractivity contribution < 1.29 is 22.0 Å². The quantitative estimate of drug-likeness (QED) is 0.813. The van der Waals surface area contributed by atoms with E-state index < -0.39 is 23.7 Å². The lowest BCUT2D eigenvalue weighted by Gasteiger charge is -2.26. The van der Waals surface area contributed by atoms with Gasteiger partial charge >= 0.3 is 12.1 Å². The van der Waals surface area contributed by atoms with Crippen molar-refractivity contribution in [1.29, 1.82) is 0 Å². The number of halogens is 7. The van der Waals surface area contributed by atoms with E-state index in [-0.39, 0.29) is 10.0 Å². The maximum Gasteiger partial charge on any atom is 0.455 e. The molecular weight excluding hydrogens is 288 g/mol. The highest BCUT2D eigenvalue weighted by atomic mass is 35.5. The Bertz CT molecular complexity index is 418. The van der Waals surface area contributed by atoms with Gasteiger partial charge in [-0.2, -0.15) is 22.0 Å². The largest absolute Gasteiger partial charge is 0.455 e. The Morgan fingerprint density at radius 3 is 2.06 bits per heavy atom. The molecule has 17 heavy (non-hydrogen) atoms. The maximum absolute atomic E-state index is 13.0. The fourth-order valence-corrected chi connectivity index (χ4v) is 1.54. The fraction of sp³-hybridized carbons (Fsp3) is 0.333. The van der Waals surface area contributed by atoms with E-state index in [1.54, 1.807) is 0 Å². The summed E-state index contributed by atoms with van der Waals surface area (Å²) in [6.07, 6.45) is -5.75. The summed E-state index contributed by atoms with van der Waals surface area (Å²) in [6, 6.07) is 0.639. The number of hydrogen-bond acceptors (Lipinski definition) is 1. The minimum absolute atomic E-state index is 0.0298. The third kappa shape index (κ3) is 2.81. The van der Waals surface area contributed by atoms with Crippen molar-refractivity contribution in [3.8, 4) is 0 Å². The molecule has 0 fully saturated rings. The fourth-order valence-electron chi connectivity index (χ4n) is 1.12. The molecule has 1 rings (SSSR count). The van der Waals surface area contributed by atoms with Gasteiger partial charge in [0.1, 0.15) is 6.04 Å². The van der Waals surface area contributed by atoms with Gasteiger partial charge in [0.2, 0.25) is 0 Å². The molecule has 1 unspecified atom stereocenters. The Morgan fingerprint density at radius 2 is 1.59 bits per heavy atom. The molecule has 0 spiro atoms. The van der Waals surface area contributed by atoms with Crippen LogP contribution in [0.15, 0.2) is 18.2 Å². The second kappa shape index (κ2) is 4.59. The van der Waals surface area contributed by atoms with E-state index in [0.717, 1.165) is 12.1 Å². The van der Waals surface area contributed by atoms with Gasteiger partial charge in [0, 0.05) is 10.0 Å². The number of alkyl halides is 5. The molecule has 0 saturated carbocycles. The molecule has 0 radical (unpaired) electrons. The van der Waals surface area contributed by atoms with Gasteiger partial charge in [-0.3, -0.25) is 0 Å². The number of benzene rings is 1. The van der Waals surface area contributed by atoms with E-state index in [2.05, 4.69) is 0 Å². The Hall–Kier alpha value is -0.590. The predicted molar refractivity (Wildman–Crippen MR) is 54.4 cm³/mol. The standard InChI is InChI=1S/C9H6Cl2F5N/c10-4-1-2-6(11)5(3-4)7(17)8(12,13)9(14,15)16/h1-3,7H,17H2. The highest BCUT2D eigenvalue weighted by molar-refractivity contribution is 6.33. The van der Waals surface area contributed by atoms with Crippen LogP contribution in [-0.4, -0.2) is 12.1 Å². The summed E-state index contributed by atoms with van der Waals surface area (Å²) < 4.78 is 62.2. The highest BCUT2D eigenvalue weighted by Crippen LogP contribution is 2.44. The van der Waals surface area contributed by atoms with Crippen molar-refractivity contribution in [2.75, 3.05) is 0 Å². The third-order valence-corrected chi connectivity index (χ3v) is 2.64. The molecule has 1 nitrogen and oxygen atoms in total. The number of hydrogen-bond donors (Lipinski definition) is 1. The molecule has 0 aliphatic heterocycles. The van der Waals surface area contributed by atoms with E-state index in [4.69, 9.17) is 28.9 Å². The van der Waals surface area contributed by atoms with Gasteiger partial charge in [-0.25, -0.2) is 0 Å². The maximum atomic E-state index is 13.0. The molecule has 2 N–H and O–H groups in total. The molecule has 1 aromatic carbocycles. The van der Waals surface area contributed by atoms with Crippen LogP contribution >= 0.6 is 23.2 Å². The zero-order chi connectivity index (χ0) is 13.4. The molecule has 1 aromatic rings. The molecule has 96 valence electrons. The molecule has 0 aromatic heterocycles. The summed E-state index contributed by atoms with van der Waals surface area (Å²) in [5, 5.41) is -0.330. The Morgan fingerprint density at radius 1 is 1.06 bits per heavy atom. The van der Waals surface area contributed by atoms with Crippen LogP contribution in [0.5, 0.6) is 0 Å². The van der Waals surface area contributed by atoms with E-state index >= 15 is 0 Å². The van der Waals surface area contributed by atoms with Gasteiger partial charge in [-0.15, -0.1) is 0 Å². The Balaban J connectivity index is 3.21. The van der Waals surface area contributed by atoms with Crippen molar-refractivity contribution in [3.05, 3.63) is 33.8 Å². The van der Waals surface area contributed by atoms with Gasteiger partial charge in [-0.05, 0) is 23.8 Å². The smallest absolute Gasteiger partial charge is 0.319 e. The molecule has 1 atom stereocenters. The summed E-state index contributed by atoms with van der Waals surface area (Å²) in [5.41, 5.74) is 4.36. The van der Waals surface area contributed by atoms with Crippen LogP contribution < -0.4 is 5.73 Å². The molecule has 0 aliphatic carbocycles. The first-order valence-corrected chi connectivity index (χ1v) is 4.98. The zero-order valence-corrected chi connectivity index (χ0v) is 9.54. The normalized spacial score (nSPS) is 14.8. The van der Waals surface area contributed by atoms with Crippen LogP contribution in [0.1, 0.15) is 11.6 Å². The van der Waals surface area contributed by atoms with E-state index in [0.29, 0.717) is 0 Å². The number of rotatable bonds is 2. The summed E-state index contributed by atoms with van der Waals surface area (Å²) in [6.45, 7) is 0. The van der Waals surface area contributed by atoms with Crippen LogP contribution in [0.25, 0.3) is 0 Å². The molecule has 8 heteroatoms. The second-order valence-electron chi connectivity index (χ2n) is 3.26. The summed E-state index contributed by atoms with van der Waals surface area (Å²) in [4.78, 5) is 0. The van der Waals surface area contributed by atoms with Crippen LogP contribution in [-0.2, 0) is 0 Å². The number of nitrogens with two attached hydrogens (primary N) is 1. The van der Waals surface area contributed by atoms with Crippen molar-refractivity contribution in [2.45, 2.75) is 18.1 Å². The van der Waals surface area contributed by atoms with Crippen LogP contribution in [0.2, 0.25) is 10.0 Å². The van der Waals surface area contributed by atoms with E-state index in [1.165, 1.54) is 6.07 Å². The lowest BCUT2D eigenvalue weighted by molar-refractivity contribution is -0.290. The molecule has 0 bridgehead atoms. The monoisotopic (exact) mass is 293 g/mol. The molecule has 0 heterocycles. The third-order valence-electron chi connectivity index (χ3n) is 2.06. The second-order valence-corrected chi connectivity index (χ2v) is 4.11. The van der Waals surface area contributed by atoms with Gasteiger partial charge in [0.15, 0.2) is 0 Å². The van der Waals surface area contributed by atoms with Crippen molar-refractivity contribution in [2.24, 2.45) is 5.73 Å². The average Bonchev–Trinajstić information content (AvgIpc) is 2.19. The molecule has 0 amide bonds. The van der Waals surface area contributed by atoms with Gasteiger partial charge in [-0.1, -0.05) is 23.2 Å². The first-order chi connectivity index (χ1) is 7.57. The lowest BCUT2D eigenvalue weighted by Crippen LogP contribution is -2.45. The van der Waals surface area contributed by atoms with Gasteiger partial charge in [0.05, 0.1) is 0 Å². The minimum atomic E-state index is -5.75. The SMILES string of the molecule is NC(c1cc(Cl)ccc1Cl)C(F)(F)C(F)(F)F. The van der Waals surface area contributed by atoms with Gasteiger partial charge in [0.25, 0.3) is 0 Å². The van der Waals surface area contributed by atoms with Gasteiger partial charge < -0.3 is 5.73 Å². The lowest BCUT2D eigenvalue weighted by atomic mass is 10.0. The van der Waals surface area contributed by atoms with E-state index in [1.807, 2.05) is 0 Å². The van der Waals surface area contributed by atoms with Crippen LogP contribution in [0.3, 0.4) is 0 Å². The first-order valence-electron chi connectivity index (χ1n) is 4.22. The predicted octanol–water partition coefficient (Wildman–Crippen LogP) is 4.19. The molecular formula is C9H6Cl2F5N. The Kier molecular flexibility index (Phi) is 3.91. The first kappa shape index (κ1) is 14.5. The molecule has 0 aliphatic rings. The van der Waals surface area contributed by atoms with E-state index in [9.17, 15) is 22.0 Å². The average molecular weight is 294 g/mol. The summed E-state index contributed by atoms with van der Waals surface area (Å²) >= 11 is 11.0. The topological polar surface area (TPSA) is 26.0 Å². The molecule has 0 saturated heterocycles. The zero-order valence-electron chi connectivity index (χ0n) is 8.03. The van der Waals surface area contributed by atoms with Crippen molar-refractivity contribution in [3.63, 3.8) is 0 Å². The van der Waals surface area contributed by atoms with Crippen molar-refractivity contribution in [1.82, 2.24) is 0 Å². The van der Waals surface area contributed by atoms with Crippen molar-refractivity contribution >= 4 is 23.2 Å². The van der Waals surface area contributed by atoms with Crippen LogP contribution in [0.4, 0.5) is 22.0 Å². The van der Waals surface area contributed by atoms with Crippen LogP contribution in [0, 0.1) is 0 Å². The Labute approximate surface area is 103 Å². The minimum Gasteiger partial charge on any atom is -0.319 e.